The minimum atomic E-state index is -0.121. The standard InChI is InChI=1S/C21H22N4O4/c26-19(6-9-25-13-22-16-4-2-1-3-15(16)21(25)27)24-8-5-18-17(11-24)23-20(29-18)14-7-10-28-12-14/h1-4,13-14H,5-12H2. The van der Waals surface area contributed by atoms with Gasteiger partial charge in [0, 0.05) is 32.5 Å². The molecule has 3 aromatic rings. The van der Waals surface area contributed by atoms with Crippen LogP contribution in [0.5, 0.6) is 0 Å². The highest BCUT2D eigenvalue weighted by molar-refractivity contribution is 5.77. The first-order valence-corrected chi connectivity index (χ1v) is 9.97. The van der Waals surface area contributed by atoms with Crippen molar-refractivity contribution in [1.29, 1.82) is 0 Å². The number of ether oxygens (including phenoxy) is 1. The molecule has 0 saturated carbocycles. The number of carbonyl (C=O) groups excluding carboxylic acids is 1. The van der Waals surface area contributed by atoms with Crippen LogP contribution in [0.3, 0.4) is 0 Å². The van der Waals surface area contributed by atoms with E-state index < -0.39 is 0 Å². The zero-order valence-corrected chi connectivity index (χ0v) is 16.0. The maximum absolute atomic E-state index is 12.7. The van der Waals surface area contributed by atoms with Crippen LogP contribution in [0.4, 0.5) is 0 Å². The third-order valence-corrected chi connectivity index (χ3v) is 5.67. The summed E-state index contributed by atoms with van der Waals surface area (Å²) >= 11 is 0. The van der Waals surface area contributed by atoms with E-state index in [9.17, 15) is 9.59 Å². The Hall–Kier alpha value is -3.00. The molecule has 1 aromatic carbocycles. The van der Waals surface area contributed by atoms with Gasteiger partial charge < -0.3 is 14.1 Å². The van der Waals surface area contributed by atoms with Crippen molar-refractivity contribution in [1.82, 2.24) is 19.4 Å². The van der Waals surface area contributed by atoms with Crippen molar-refractivity contribution in [3.63, 3.8) is 0 Å². The number of para-hydroxylation sites is 1. The van der Waals surface area contributed by atoms with Crippen molar-refractivity contribution in [2.45, 2.75) is 38.3 Å². The molecule has 8 heteroatoms. The van der Waals surface area contributed by atoms with Crippen LogP contribution in [0.25, 0.3) is 10.9 Å². The average Bonchev–Trinajstić information content (AvgIpc) is 3.42. The lowest BCUT2D eigenvalue weighted by atomic mass is 10.1. The Kier molecular flexibility index (Phi) is 4.63. The summed E-state index contributed by atoms with van der Waals surface area (Å²) < 4.78 is 12.8. The minimum absolute atomic E-state index is 0.00413. The molecule has 2 aliphatic heterocycles. The van der Waals surface area contributed by atoms with Crippen molar-refractivity contribution in [3.05, 3.63) is 58.3 Å². The van der Waals surface area contributed by atoms with Crippen LogP contribution in [-0.2, 0) is 29.0 Å². The van der Waals surface area contributed by atoms with E-state index in [-0.39, 0.29) is 23.8 Å². The highest BCUT2D eigenvalue weighted by Gasteiger charge is 2.29. The van der Waals surface area contributed by atoms with Crippen LogP contribution < -0.4 is 5.56 Å². The summed E-state index contributed by atoms with van der Waals surface area (Å²) in [7, 11) is 0. The molecule has 0 spiro atoms. The van der Waals surface area contributed by atoms with E-state index in [1.807, 2.05) is 12.1 Å². The first-order chi connectivity index (χ1) is 14.2. The first-order valence-electron chi connectivity index (χ1n) is 9.97. The molecule has 0 radical (unpaired) electrons. The average molecular weight is 394 g/mol. The van der Waals surface area contributed by atoms with Gasteiger partial charge in [0.1, 0.15) is 11.5 Å². The monoisotopic (exact) mass is 394 g/mol. The van der Waals surface area contributed by atoms with Crippen LogP contribution in [-0.4, -0.2) is 45.1 Å². The molecule has 0 bridgehead atoms. The van der Waals surface area contributed by atoms with Gasteiger partial charge in [0.2, 0.25) is 5.91 Å². The number of hydrogen-bond donors (Lipinski definition) is 0. The van der Waals surface area contributed by atoms with E-state index in [0.717, 1.165) is 30.4 Å². The predicted octanol–water partition coefficient (Wildman–Crippen LogP) is 1.86. The van der Waals surface area contributed by atoms with Crippen molar-refractivity contribution < 1.29 is 13.9 Å². The molecule has 2 aromatic heterocycles. The number of fused-ring (bicyclic) bond motifs is 2. The molecule has 150 valence electrons. The number of oxazole rings is 1. The van der Waals surface area contributed by atoms with E-state index in [1.54, 1.807) is 17.0 Å². The lowest BCUT2D eigenvalue weighted by Crippen LogP contribution is -2.36. The van der Waals surface area contributed by atoms with Crippen LogP contribution in [0.1, 0.15) is 36.1 Å². The molecule has 1 amide bonds. The van der Waals surface area contributed by atoms with Crippen molar-refractivity contribution in [2.24, 2.45) is 0 Å². The quantitative estimate of drug-likeness (QED) is 0.671. The maximum Gasteiger partial charge on any atom is 0.261 e. The highest BCUT2D eigenvalue weighted by atomic mass is 16.5. The summed E-state index contributed by atoms with van der Waals surface area (Å²) in [5.74, 6) is 1.84. The Bertz CT molecular complexity index is 1110. The van der Waals surface area contributed by atoms with Crippen LogP contribution in [0, 0.1) is 0 Å². The fraction of sp³-hybridized carbons (Fsp3) is 0.429. The van der Waals surface area contributed by atoms with E-state index in [0.29, 0.717) is 43.6 Å². The third kappa shape index (κ3) is 3.44. The molecule has 4 heterocycles. The number of hydrogen-bond acceptors (Lipinski definition) is 6. The molecule has 1 fully saturated rings. The van der Waals surface area contributed by atoms with E-state index >= 15 is 0 Å². The highest BCUT2D eigenvalue weighted by Crippen LogP contribution is 2.29. The molecule has 8 nitrogen and oxygen atoms in total. The summed E-state index contributed by atoms with van der Waals surface area (Å²) in [6.45, 7) is 2.76. The molecule has 5 rings (SSSR count). The largest absolute Gasteiger partial charge is 0.445 e. The number of aromatic nitrogens is 3. The van der Waals surface area contributed by atoms with Gasteiger partial charge in [0.25, 0.3) is 5.56 Å². The van der Waals surface area contributed by atoms with Gasteiger partial charge in [0.15, 0.2) is 5.89 Å². The first kappa shape index (κ1) is 18.1. The summed E-state index contributed by atoms with van der Waals surface area (Å²) in [6, 6.07) is 7.23. The zero-order chi connectivity index (χ0) is 19.8. The van der Waals surface area contributed by atoms with Gasteiger partial charge in [-0.2, -0.15) is 0 Å². The van der Waals surface area contributed by atoms with Crippen LogP contribution >= 0.6 is 0 Å². The molecule has 0 N–H and O–H groups in total. The zero-order valence-electron chi connectivity index (χ0n) is 16.0. The molecule has 1 unspecified atom stereocenters. The fourth-order valence-corrected chi connectivity index (χ4v) is 3.97. The Labute approximate surface area is 167 Å². The predicted molar refractivity (Wildman–Crippen MR) is 104 cm³/mol. The van der Waals surface area contributed by atoms with Crippen molar-refractivity contribution in [2.75, 3.05) is 19.8 Å². The summed E-state index contributed by atoms with van der Waals surface area (Å²) in [5.41, 5.74) is 1.39. The smallest absolute Gasteiger partial charge is 0.261 e. The van der Waals surface area contributed by atoms with Crippen LogP contribution in [0.15, 0.2) is 39.8 Å². The number of nitrogens with zero attached hydrogens (tertiary/aromatic N) is 4. The number of amides is 1. The number of aryl methyl sites for hydroxylation is 1. The van der Waals surface area contributed by atoms with Gasteiger partial charge in [-0.3, -0.25) is 14.2 Å². The van der Waals surface area contributed by atoms with Gasteiger partial charge in [0.05, 0.1) is 36.3 Å². The molecule has 29 heavy (non-hydrogen) atoms. The minimum Gasteiger partial charge on any atom is -0.445 e. The normalized spacial score (nSPS) is 18.9. The van der Waals surface area contributed by atoms with E-state index in [4.69, 9.17) is 9.15 Å². The summed E-state index contributed by atoms with van der Waals surface area (Å²) in [4.78, 5) is 36.0. The molecule has 0 aliphatic carbocycles. The number of rotatable bonds is 4. The molecule has 1 atom stereocenters. The Morgan fingerprint density at radius 2 is 2.17 bits per heavy atom. The maximum atomic E-state index is 12.7. The SMILES string of the molecule is O=C(CCn1cnc2ccccc2c1=O)N1CCc2oc(C3CCOC3)nc2C1. The van der Waals surface area contributed by atoms with Gasteiger partial charge in [-0.25, -0.2) is 9.97 Å². The Balaban J connectivity index is 1.25. The topological polar surface area (TPSA) is 90.5 Å². The summed E-state index contributed by atoms with van der Waals surface area (Å²) in [6.07, 6.45) is 3.35. The Morgan fingerprint density at radius 1 is 1.28 bits per heavy atom. The van der Waals surface area contributed by atoms with Gasteiger partial charge >= 0.3 is 0 Å². The fourth-order valence-electron chi connectivity index (χ4n) is 3.97. The molecular weight excluding hydrogens is 372 g/mol. The lowest BCUT2D eigenvalue weighted by Gasteiger charge is -2.25. The van der Waals surface area contributed by atoms with Gasteiger partial charge in [-0.15, -0.1) is 0 Å². The van der Waals surface area contributed by atoms with E-state index in [1.165, 1.54) is 10.9 Å². The number of carbonyl (C=O) groups is 1. The second-order valence-corrected chi connectivity index (χ2v) is 7.56. The van der Waals surface area contributed by atoms with Crippen molar-refractivity contribution >= 4 is 16.8 Å². The van der Waals surface area contributed by atoms with E-state index in [2.05, 4.69) is 9.97 Å². The molecule has 1 saturated heterocycles. The van der Waals surface area contributed by atoms with Gasteiger partial charge in [-0.1, -0.05) is 12.1 Å². The van der Waals surface area contributed by atoms with Crippen LogP contribution in [0.2, 0.25) is 0 Å². The Morgan fingerprint density at radius 3 is 3.03 bits per heavy atom. The third-order valence-electron chi connectivity index (χ3n) is 5.67. The second kappa shape index (κ2) is 7.44. The van der Waals surface area contributed by atoms with Crippen molar-refractivity contribution in [3.8, 4) is 0 Å². The number of benzene rings is 1. The lowest BCUT2D eigenvalue weighted by molar-refractivity contribution is -0.132. The molecular formula is C21H22N4O4. The second-order valence-electron chi connectivity index (χ2n) is 7.56. The van der Waals surface area contributed by atoms with Gasteiger partial charge in [-0.05, 0) is 18.6 Å². The molecule has 2 aliphatic rings. The summed E-state index contributed by atoms with van der Waals surface area (Å²) in [5, 5.41) is 0.566.